The van der Waals surface area contributed by atoms with Gasteiger partial charge in [0.1, 0.15) is 10.6 Å². The minimum Gasteiger partial charge on any atom is -0.497 e. The molecule has 0 amide bonds. The van der Waals surface area contributed by atoms with Crippen molar-refractivity contribution < 1.29 is 9.53 Å². The molecule has 148 valence electrons. The summed E-state index contributed by atoms with van der Waals surface area (Å²) in [5, 5.41) is 0.905. The van der Waals surface area contributed by atoms with E-state index in [1.807, 2.05) is 34.6 Å². The molecule has 0 bridgehead atoms. The number of hydrogen-bond donors (Lipinski definition) is 0. The number of rotatable bonds is 6. The van der Waals surface area contributed by atoms with Crippen LogP contribution in [-0.2, 0) is 0 Å². The number of thioether (sulfide) groups is 1. The Morgan fingerprint density at radius 2 is 1.82 bits per heavy atom. The molecule has 0 saturated carbocycles. The molecule has 0 spiro atoms. The predicted octanol–water partition coefficient (Wildman–Crippen LogP) is 5.03. The third-order valence-corrected chi connectivity index (χ3v) is 6.91. The first-order valence-electron chi connectivity index (χ1n) is 9.11. The van der Waals surface area contributed by atoms with Crippen molar-refractivity contribution in [3.63, 3.8) is 0 Å². The standard InChI is InChI=1S/C21H24N2O3S2/c1-11(2)23-20(25)17-12(3)13(4)27-19(17)22-21(23)28-14(5)18(24)15-7-9-16(26-6)10-8-15/h7-11,14H,1-6H3/t14-/m0/s1. The molecule has 0 aliphatic carbocycles. The quantitative estimate of drug-likeness (QED) is 0.320. The highest BCUT2D eigenvalue weighted by atomic mass is 32.2. The number of ketones is 1. The second-order valence-corrected chi connectivity index (χ2v) is 9.49. The first-order chi connectivity index (χ1) is 13.2. The van der Waals surface area contributed by atoms with Crippen LogP contribution in [0.25, 0.3) is 10.2 Å². The molecule has 3 aromatic rings. The van der Waals surface area contributed by atoms with Gasteiger partial charge in [0.15, 0.2) is 10.9 Å². The van der Waals surface area contributed by atoms with E-state index >= 15 is 0 Å². The largest absolute Gasteiger partial charge is 0.497 e. The fraction of sp³-hybridized carbons (Fsp3) is 0.381. The molecular weight excluding hydrogens is 392 g/mol. The highest BCUT2D eigenvalue weighted by molar-refractivity contribution is 8.00. The van der Waals surface area contributed by atoms with Crippen LogP contribution in [0.15, 0.2) is 34.2 Å². The summed E-state index contributed by atoms with van der Waals surface area (Å²) in [6.45, 7) is 9.74. The van der Waals surface area contributed by atoms with Crippen LogP contribution in [0.5, 0.6) is 5.75 Å². The fourth-order valence-corrected chi connectivity index (χ4v) is 5.22. The molecule has 0 radical (unpaired) electrons. The van der Waals surface area contributed by atoms with Crippen LogP contribution in [0.1, 0.15) is 47.6 Å². The van der Waals surface area contributed by atoms with E-state index < -0.39 is 0 Å². The number of Topliss-reactive ketones (excluding diaryl/α,β-unsaturated/α-hetero) is 1. The number of carbonyl (C=O) groups excluding carboxylic acids is 1. The van der Waals surface area contributed by atoms with E-state index in [1.54, 1.807) is 35.9 Å². The zero-order valence-corrected chi connectivity index (χ0v) is 18.5. The minimum absolute atomic E-state index is 0.00385. The molecule has 0 aliphatic rings. The normalized spacial score (nSPS) is 12.5. The number of ether oxygens (including phenoxy) is 1. The van der Waals surface area contributed by atoms with Gasteiger partial charge in [-0.25, -0.2) is 4.98 Å². The highest BCUT2D eigenvalue weighted by Crippen LogP contribution is 2.31. The van der Waals surface area contributed by atoms with Gasteiger partial charge in [-0.3, -0.25) is 14.2 Å². The number of hydrogen-bond acceptors (Lipinski definition) is 6. The molecule has 0 saturated heterocycles. The molecule has 2 aromatic heterocycles. The van der Waals surface area contributed by atoms with E-state index in [0.717, 1.165) is 15.3 Å². The minimum atomic E-state index is -0.370. The van der Waals surface area contributed by atoms with Crippen LogP contribution >= 0.6 is 23.1 Å². The summed E-state index contributed by atoms with van der Waals surface area (Å²) in [4.78, 5) is 32.6. The van der Waals surface area contributed by atoms with Crippen molar-refractivity contribution in [2.45, 2.75) is 51.1 Å². The summed E-state index contributed by atoms with van der Waals surface area (Å²) >= 11 is 2.86. The molecular formula is C21H24N2O3S2. The number of benzene rings is 1. The molecule has 0 aliphatic heterocycles. The summed E-state index contributed by atoms with van der Waals surface area (Å²) < 4.78 is 6.85. The van der Waals surface area contributed by atoms with E-state index in [-0.39, 0.29) is 22.6 Å². The Morgan fingerprint density at radius 1 is 1.18 bits per heavy atom. The average Bonchev–Trinajstić information content (AvgIpc) is 2.94. The van der Waals surface area contributed by atoms with Crippen molar-refractivity contribution in [1.29, 1.82) is 0 Å². The first-order valence-corrected chi connectivity index (χ1v) is 10.8. The Kier molecular flexibility index (Phi) is 5.95. The molecule has 1 atom stereocenters. The number of nitrogens with zero attached hydrogens (tertiary/aromatic N) is 2. The molecule has 0 unspecified atom stereocenters. The monoisotopic (exact) mass is 416 g/mol. The van der Waals surface area contributed by atoms with Crippen LogP contribution in [0, 0.1) is 13.8 Å². The van der Waals surface area contributed by atoms with Crippen LogP contribution in [0.2, 0.25) is 0 Å². The van der Waals surface area contributed by atoms with Gasteiger partial charge in [-0.15, -0.1) is 11.3 Å². The molecule has 28 heavy (non-hydrogen) atoms. The van der Waals surface area contributed by atoms with E-state index in [2.05, 4.69) is 0 Å². The van der Waals surface area contributed by atoms with Gasteiger partial charge in [-0.05, 0) is 64.4 Å². The molecule has 3 rings (SSSR count). The van der Waals surface area contributed by atoms with Gasteiger partial charge < -0.3 is 4.74 Å². The van der Waals surface area contributed by atoms with Gasteiger partial charge in [0.05, 0.1) is 17.7 Å². The van der Waals surface area contributed by atoms with Crippen molar-refractivity contribution >= 4 is 39.1 Å². The zero-order chi connectivity index (χ0) is 20.6. The molecule has 0 fully saturated rings. The number of aromatic nitrogens is 2. The van der Waals surface area contributed by atoms with Gasteiger partial charge in [-0.2, -0.15) is 0 Å². The number of fused-ring (bicyclic) bond motifs is 1. The number of aryl methyl sites for hydroxylation is 2. The van der Waals surface area contributed by atoms with Crippen molar-refractivity contribution in [1.82, 2.24) is 9.55 Å². The van der Waals surface area contributed by atoms with Crippen molar-refractivity contribution in [3.05, 3.63) is 50.6 Å². The Balaban J connectivity index is 1.99. The second-order valence-electron chi connectivity index (χ2n) is 6.98. The van der Waals surface area contributed by atoms with Gasteiger partial charge in [0, 0.05) is 16.5 Å². The lowest BCUT2D eigenvalue weighted by atomic mass is 10.1. The molecule has 0 N–H and O–H groups in total. The van der Waals surface area contributed by atoms with E-state index in [0.29, 0.717) is 21.9 Å². The summed E-state index contributed by atoms with van der Waals surface area (Å²) in [5.74, 6) is 0.705. The smallest absolute Gasteiger partial charge is 0.263 e. The average molecular weight is 417 g/mol. The van der Waals surface area contributed by atoms with Crippen molar-refractivity contribution in [2.24, 2.45) is 0 Å². The Labute approximate surface area is 172 Å². The number of carbonyl (C=O) groups is 1. The van der Waals surface area contributed by atoms with E-state index in [9.17, 15) is 9.59 Å². The van der Waals surface area contributed by atoms with Crippen LogP contribution < -0.4 is 10.3 Å². The highest BCUT2D eigenvalue weighted by Gasteiger charge is 2.23. The zero-order valence-electron chi connectivity index (χ0n) is 16.9. The predicted molar refractivity (Wildman–Crippen MR) is 116 cm³/mol. The van der Waals surface area contributed by atoms with Crippen LogP contribution in [0.3, 0.4) is 0 Å². The van der Waals surface area contributed by atoms with Crippen molar-refractivity contribution in [2.75, 3.05) is 7.11 Å². The first kappa shape index (κ1) is 20.6. The van der Waals surface area contributed by atoms with E-state index in [1.165, 1.54) is 23.1 Å². The van der Waals surface area contributed by atoms with E-state index in [4.69, 9.17) is 9.72 Å². The lowest BCUT2D eigenvalue weighted by Gasteiger charge is -2.17. The SMILES string of the molecule is COc1ccc(C(=O)[C@H](C)Sc2nc3sc(C)c(C)c3c(=O)n2C(C)C)cc1. The Morgan fingerprint density at radius 3 is 2.39 bits per heavy atom. The molecule has 7 heteroatoms. The van der Waals surface area contributed by atoms with Gasteiger partial charge in [0.25, 0.3) is 5.56 Å². The lowest BCUT2D eigenvalue weighted by Crippen LogP contribution is -2.26. The third kappa shape index (κ3) is 3.73. The van der Waals surface area contributed by atoms with Crippen LogP contribution in [-0.4, -0.2) is 27.7 Å². The Bertz CT molecular complexity index is 1080. The maximum Gasteiger partial charge on any atom is 0.263 e. The number of thiophene rings is 1. The fourth-order valence-electron chi connectivity index (χ4n) is 3.03. The maximum absolute atomic E-state index is 13.1. The van der Waals surface area contributed by atoms with Crippen LogP contribution in [0.4, 0.5) is 0 Å². The Hall–Kier alpha value is -2.12. The van der Waals surface area contributed by atoms with Gasteiger partial charge in [0.2, 0.25) is 0 Å². The summed E-state index contributed by atoms with van der Waals surface area (Å²) in [6, 6.07) is 7.02. The second kappa shape index (κ2) is 8.09. The topological polar surface area (TPSA) is 61.2 Å². The molecule has 1 aromatic carbocycles. The summed E-state index contributed by atoms with van der Waals surface area (Å²) in [6.07, 6.45) is 0. The molecule has 5 nitrogen and oxygen atoms in total. The maximum atomic E-state index is 13.1. The third-order valence-electron chi connectivity index (χ3n) is 4.75. The molecule has 2 heterocycles. The van der Waals surface area contributed by atoms with Crippen molar-refractivity contribution in [3.8, 4) is 5.75 Å². The van der Waals surface area contributed by atoms with Gasteiger partial charge >= 0.3 is 0 Å². The summed E-state index contributed by atoms with van der Waals surface area (Å²) in [7, 11) is 1.59. The number of methoxy groups -OCH3 is 1. The lowest BCUT2D eigenvalue weighted by molar-refractivity contribution is 0.0993. The van der Waals surface area contributed by atoms with Gasteiger partial charge in [-0.1, -0.05) is 11.8 Å². The summed E-state index contributed by atoms with van der Waals surface area (Å²) in [5.41, 5.74) is 1.57.